The van der Waals surface area contributed by atoms with E-state index in [1.165, 1.54) is 17.0 Å². The summed E-state index contributed by atoms with van der Waals surface area (Å²) >= 11 is 0. The Labute approximate surface area is 246 Å². The van der Waals surface area contributed by atoms with E-state index in [1.807, 2.05) is 12.2 Å². The van der Waals surface area contributed by atoms with E-state index >= 15 is 0 Å². The number of carbonyl (C=O) groups excluding carboxylic acids is 4. The minimum absolute atomic E-state index is 0.111. The smallest absolute Gasteiger partial charge is 0.408 e. The Morgan fingerprint density at radius 2 is 1.90 bits per heavy atom. The van der Waals surface area contributed by atoms with Gasteiger partial charge in [0.05, 0.1) is 5.56 Å². The maximum absolute atomic E-state index is 13.7. The number of nitrogens with one attached hydrogen (secondary N) is 3. The molecule has 1 aliphatic carbocycles. The Balaban J connectivity index is 1.51. The molecule has 0 radical (unpaired) electrons. The number of allylic oxidation sites excluding steroid dienone is 1. The lowest BCUT2D eigenvalue weighted by Crippen LogP contribution is -2.57. The van der Waals surface area contributed by atoms with Crippen molar-refractivity contribution >= 4 is 29.8 Å². The van der Waals surface area contributed by atoms with Crippen molar-refractivity contribution < 1.29 is 33.8 Å². The second kappa shape index (κ2) is 13.0. The van der Waals surface area contributed by atoms with Crippen LogP contribution in [0.2, 0.25) is 0 Å². The van der Waals surface area contributed by atoms with Gasteiger partial charge in [0, 0.05) is 19.0 Å². The molecule has 0 bridgehead atoms. The number of aromatic carboxylic acids is 1. The maximum Gasteiger partial charge on any atom is 0.408 e. The van der Waals surface area contributed by atoms with E-state index in [-0.39, 0.29) is 29.8 Å². The first-order valence-electron chi connectivity index (χ1n) is 14.8. The van der Waals surface area contributed by atoms with Crippen LogP contribution in [0.1, 0.15) is 88.1 Å². The van der Waals surface area contributed by atoms with Gasteiger partial charge in [0.2, 0.25) is 17.7 Å². The fourth-order valence-corrected chi connectivity index (χ4v) is 5.70. The maximum atomic E-state index is 13.7. The summed E-state index contributed by atoms with van der Waals surface area (Å²) in [7, 11) is 0. The molecule has 2 heterocycles. The van der Waals surface area contributed by atoms with E-state index in [2.05, 4.69) is 16.0 Å². The number of hydrogen-bond donors (Lipinski definition) is 4. The zero-order chi connectivity index (χ0) is 30.5. The van der Waals surface area contributed by atoms with Gasteiger partial charge in [0.1, 0.15) is 23.2 Å². The number of hydrogen-bond acceptors (Lipinski definition) is 6. The predicted octanol–water partition coefficient (Wildman–Crippen LogP) is 3.28. The van der Waals surface area contributed by atoms with Gasteiger partial charge in [-0.2, -0.15) is 0 Å². The molecule has 1 saturated carbocycles. The van der Waals surface area contributed by atoms with Crippen LogP contribution in [0, 0.1) is 5.92 Å². The standard InChI is InChI=1S/C31H42N4O7/c1-30(2,3)42-29(41)33-23-14-8-6-4-5-7-13-22-18-31(22,34-25(36)24-15-10-16-35(24)26(23)37)28(40)32-19-20-11-9-12-21(17-20)27(38)39/h7,9,11-13,17,22-24H,4-6,8,10,14-16,18-19H2,1-3H3,(H,32,40)(H,33,41)(H,34,36)(H,38,39)/t22-,23+,24+,31-/m1/s1. The van der Waals surface area contributed by atoms with E-state index < -0.39 is 41.2 Å². The van der Waals surface area contributed by atoms with Gasteiger partial charge in [0.15, 0.2) is 0 Å². The number of nitrogens with zero attached hydrogens (tertiary/aromatic N) is 1. The summed E-state index contributed by atoms with van der Waals surface area (Å²) in [6, 6.07) is 4.76. The van der Waals surface area contributed by atoms with E-state index in [1.54, 1.807) is 32.9 Å². The second-order valence-electron chi connectivity index (χ2n) is 12.4. The van der Waals surface area contributed by atoms with Gasteiger partial charge >= 0.3 is 12.1 Å². The van der Waals surface area contributed by atoms with Crippen LogP contribution in [-0.2, 0) is 25.7 Å². The normalized spacial score (nSPS) is 26.5. The highest BCUT2D eigenvalue weighted by atomic mass is 16.6. The number of carbonyl (C=O) groups is 5. The summed E-state index contributed by atoms with van der Waals surface area (Å²) in [5.41, 5.74) is -1.11. The topological polar surface area (TPSA) is 154 Å². The fourth-order valence-electron chi connectivity index (χ4n) is 5.70. The second-order valence-corrected chi connectivity index (χ2v) is 12.4. The van der Waals surface area contributed by atoms with Crippen LogP contribution in [0.4, 0.5) is 4.79 Å². The van der Waals surface area contributed by atoms with Gasteiger partial charge in [-0.1, -0.05) is 37.1 Å². The number of benzene rings is 1. The monoisotopic (exact) mass is 582 g/mol. The number of carboxylic acids is 1. The molecule has 4 atom stereocenters. The minimum atomic E-state index is -1.15. The molecule has 228 valence electrons. The van der Waals surface area contributed by atoms with E-state index in [4.69, 9.17) is 4.74 Å². The van der Waals surface area contributed by atoms with E-state index in [0.717, 1.165) is 25.7 Å². The molecule has 11 heteroatoms. The quantitative estimate of drug-likeness (QED) is 0.389. The molecular weight excluding hydrogens is 540 g/mol. The van der Waals surface area contributed by atoms with Crippen molar-refractivity contribution in [1.82, 2.24) is 20.9 Å². The van der Waals surface area contributed by atoms with E-state index in [0.29, 0.717) is 37.8 Å². The number of alkyl carbamates (subject to hydrolysis) is 1. The highest BCUT2D eigenvalue weighted by Crippen LogP contribution is 2.45. The van der Waals surface area contributed by atoms with Gasteiger partial charge in [-0.25, -0.2) is 9.59 Å². The lowest BCUT2D eigenvalue weighted by molar-refractivity contribution is -0.141. The molecule has 0 unspecified atom stereocenters. The Kier molecular flexibility index (Phi) is 9.58. The number of amides is 4. The number of carboxylic acid groups (broad SMARTS) is 1. The third-order valence-corrected chi connectivity index (χ3v) is 7.95. The SMILES string of the molecule is CC(C)(C)OC(=O)N[C@H]1CCCCCC=C[C@@H]2C[C@@]2(C(=O)NCc2cccc(C(=O)O)c2)NC(=O)[C@@H]2CCCN2C1=O. The van der Waals surface area contributed by atoms with Crippen molar-refractivity contribution in [3.63, 3.8) is 0 Å². The van der Waals surface area contributed by atoms with Crippen LogP contribution < -0.4 is 16.0 Å². The summed E-state index contributed by atoms with van der Waals surface area (Å²) in [5.74, 6) is -2.32. The third-order valence-electron chi connectivity index (χ3n) is 7.95. The zero-order valence-corrected chi connectivity index (χ0v) is 24.6. The van der Waals surface area contributed by atoms with Gasteiger partial charge in [0.25, 0.3) is 0 Å². The van der Waals surface area contributed by atoms with Crippen LogP contribution in [0.5, 0.6) is 0 Å². The molecule has 4 rings (SSSR count). The van der Waals surface area contributed by atoms with Crippen molar-refractivity contribution in [1.29, 1.82) is 0 Å². The van der Waals surface area contributed by atoms with Crippen molar-refractivity contribution in [2.75, 3.05) is 6.54 Å². The lowest BCUT2D eigenvalue weighted by Gasteiger charge is -2.30. The molecule has 0 spiro atoms. The van der Waals surface area contributed by atoms with Crippen LogP contribution in [0.15, 0.2) is 36.4 Å². The molecular formula is C31H42N4O7. The first-order chi connectivity index (χ1) is 19.9. The Morgan fingerprint density at radius 3 is 2.64 bits per heavy atom. The first-order valence-corrected chi connectivity index (χ1v) is 14.8. The summed E-state index contributed by atoms with van der Waals surface area (Å²) in [5, 5.41) is 17.9. The molecule has 4 amide bonds. The number of fused-ring (bicyclic) bond motifs is 2. The first kappa shape index (κ1) is 31.1. The molecule has 2 aliphatic heterocycles. The molecule has 11 nitrogen and oxygen atoms in total. The molecule has 42 heavy (non-hydrogen) atoms. The molecule has 2 fully saturated rings. The van der Waals surface area contributed by atoms with Crippen molar-refractivity contribution in [2.24, 2.45) is 5.92 Å². The molecule has 0 aromatic heterocycles. The Morgan fingerprint density at radius 1 is 1.12 bits per heavy atom. The molecule has 3 aliphatic rings. The summed E-state index contributed by atoms with van der Waals surface area (Å²) in [6.45, 7) is 5.75. The summed E-state index contributed by atoms with van der Waals surface area (Å²) in [6.07, 6.45) is 8.55. The largest absolute Gasteiger partial charge is 0.478 e. The van der Waals surface area contributed by atoms with Crippen molar-refractivity contribution in [3.05, 3.63) is 47.5 Å². The fraction of sp³-hybridized carbons (Fsp3) is 0.581. The van der Waals surface area contributed by atoms with Crippen LogP contribution in [0.25, 0.3) is 0 Å². The van der Waals surface area contributed by atoms with Gasteiger partial charge in [-0.15, -0.1) is 0 Å². The Bertz CT molecular complexity index is 1240. The molecule has 1 saturated heterocycles. The van der Waals surface area contributed by atoms with Crippen LogP contribution in [0.3, 0.4) is 0 Å². The highest BCUT2D eigenvalue weighted by Gasteiger charge is 2.60. The third kappa shape index (κ3) is 7.68. The molecule has 4 N–H and O–H groups in total. The average molecular weight is 583 g/mol. The van der Waals surface area contributed by atoms with Gasteiger partial charge in [-0.3, -0.25) is 14.4 Å². The number of ether oxygens (including phenoxy) is 1. The highest BCUT2D eigenvalue weighted by molar-refractivity contribution is 5.98. The molecule has 1 aromatic carbocycles. The van der Waals surface area contributed by atoms with Crippen molar-refractivity contribution in [2.45, 2.75) is 102 Å². The summed E-state index contributed by atoms with van der Waals surface area (Å²) in [4.78, 5) is 66.3. The Hall–Kier alpha value is -3.89. The van der Waals surface area contributed by atoms with Gasteiger partial charge < -0.3 is 30.7 Å². The lowest BCUT2D eigenvalue weighted by atomic mass is 10.0. The average Bonchev–Trinajstić information content (AvgIpc) is 3.38. The zero-order valence-electron chi connectivity index (χ0n) is 24.6. The predicted molar refractivity (Wildman–Crippen MR) is 154 cm³/mol. The molecule has 1 aromatic rings. The van der Waals surface area contributed by atoms with Gasteiger partial charge in [-0.05, 0) is 77.0 Å². The van der Waals surface area contributed by atoms with E-state index in [9.17, 15) is 29.1 Å². The number of rotatable bonds is 5. The minimum Gasteiger partial charge on any atom is -0.478 e. The van der Waals surface area contributed by atoms with Crippen LogP contribution >= 0.6 is 0 Å². The van der Waals surface area contributed by atoms with Crippen molar-refractivity contribution in [3.8, 4) is 0 Å². The van der Waals surface area contributed by atoms with Crippen LogP contribution in [-0.4, -0.2) is 69.6 Å². The summed E-state index contributed by atoms with van der Waals surface area (Å²) < 4.78 is 5.40.